The van der Waals surface area contributed by atoms with Crippen LogP contribution in [0, 0.1) is 0 Å². The molecule has 4 aromatic rings. The molecule has 44 heavy (non-hydrogen) atoms. The van der Waals surface area contributed by atoms with Crippen molar-refractivity contribution < 1.29 is 24.5 Å². The average molecular weight is 595 g/mol. The first-order chi connectivity index (χ1) is 21.3. The van der Waals surface area contributed by atoms with Crippen LogP contribution in [0.25, 0.3) is 11.1 Å². The van der Waals surface area contributed by atoms with Crippen molar-refractivity contribution in [2.45, 2.75) is 64.1 Å². The first-order valence-corrected chi connectivity index (χ1v) is 15.2. The smallest absolute Gasteiger partial charge is 0.217 e. The number of ether oxygens (including phenoxy) is 2. The molecular weight excluding hydrogens is 552 g/mol. The van der Waals surface area contributed by atoms with Gasteiger partial charge in [0, 0.05) is 38.0 Å². The normalized spacial score (nSPS) is 19.8. The number of hydrogen-bond acceptors (Lipinski definition) is 6. The monoisotopic (exact) mass is 594 g/mol. The van der Waals surface area contributed by atoms with Crippen molar-refractivity contribution in [2.75, 3.05) is 13.6 Å². The Hall–Kier alpha value is -3.85. The van der Waals surface area contributed by atoms with Crippen molar-refractivity contribution in [1.29, 1.82) is 0 Å². The third-order valence-electron chi connectivity index (χ3n) is 8.44. The third-order valence-corrected chi connectivity index (χ3v) is 8.44. The zero-order valence-corrected chi connectivity index (χ0v) is 25.6. The molecule has 230 valence electrons. The molecule has 5 atom stereocenters. The topological polar surface area (TPSA) is 91.3 Å². The van der Waals surface area contributed by atoms with Crippen LogP contribution >= 0.6 is 0 Å². The number of aliphatic hydroxyl groups is 2. The van der Waals surface area contributed by atoms with Crippen molar-refractivity contribution in [3.63, 3.8) is 0 Å². The number of nitrogens with one attached hydrogen (secondary N) is 1. The molecule has 1 aliphatic rings. The van der Waals surface area contributed by atoms with E-state index in [1.54, 1.807) is 0 Å². The lowest BCUT2D eigenvalue weighted by Crippen LogP contribution is -2.43. The Morgan fingerprint density at radius 3 is 2.25 bits per heavy atom. The first kappa shape index (κ1) is 31.6. The summed E-state index contributed by atoms with van der Waals surface area (Å²) in [6, 6.07) is 33.7. The van der Waals surface area contributed by atoms with Crippen LogP contribution in [0.2, 0.25) is 0 Å². The summed E-state index contributed by atoms with van der Waals surface area (Å²) >= 11 is 0. The molecule has 1 fully saturated rings. The van der Waals surface area contributed by atoms with Gasteiger partial charge in [-0.2, -0.15) is 0 Å². The van der Waals surface area contributed by atoms with E-state index in [0.717, 1.165) is 38.9 Å². The van der Waals surface area contributed by atoms with Gasteiger partial charge in [-0.15, -0.1) is 0 Å². The Bertz CT molecular complexity index is 1490. The highest BCUT2D eigenvalue weighted by molar-refractivity contribution is 5.74. The van der Waals surface area contributed by atoms with Gasteiger partial charge in [0.2, 0.25) is 5.91 Å². The van der Waals surface area contributed by atoms with Gasteiger partial charge in [-0.05, 0) is 47.4 Å². The number of carbonyl (C=O) groups is 1. The Labute approximate surface area is 260 Å². The predicted molar refractivity (Wildman–Crippen MR) is 171 cm³/mol. The number of rotatable bonds is 11. The van der Waals surface area contributed by atoms with Crippen LogP contribution in [0.4, 0.5) is 0 Å². The summed E-state index contributed by atoms with van der Waals surface area (Å²) in [7, 11) is 2.02. The van der Waals surface area contributed by atoms with Gasteiger partial charge in [-0.25, -0.2) is 0 Å². The maximum absolute atomic E-state index is 11.5. The first-order valence-electron chi connectivity index (χ1n) is 15.2. The van der Waals surface area contributed by atoms with E-state index in [1.165, 1.54) is 6.92 Å². The molecule has 1 heterocycles. The van der Waals surface area contributed by atoms with Crippen LogP contribution in [-0.2, 0) is 27.4 Å². The fraction of sp³-hybridized carbons (Fsp3) is 0.324. The summed E-state index contributed by atoms with van der Waals surface area (Å²) in [6.07, 6.45) is -0.901. The average Bonchev–Trinajstić information content (AvgIpc) is 3.07. The minimum Gasteiger partial charge on any atom is -0.392 e. The van der Waals surface area contributed by atoms with E-state index in [2.05, 4.69) is 28.4 Å². The van der Waals surface area contributed by atoms with E-state index >= 15 is 0 Å². The molecule has 0 bridgehead atoms. The third kappa shape index (κ3) is 7.80. The molecule has 5 rings (SSSR count). The fourth-order valence-electron chi connectivity index (χ4n) is 5.69. The van der Waals surface area contributed by atoms with Gasteiger partial charge in [0.15, 0.2) is 6.29 Å². The molecule has 7 nitrogen and oxygen atoms in total. The number of aliphatic hydroxyl groups excluding tert-OH is 2. The molecular formula is C37H42N2O5. The summed E-state index contributed by atoms with van der Waals surface area (Å²) in [6.45, 7) is 4.62. The Morgan fingerprint density at radius 2 is 1.57 bits per heavy atom. The molecule has 0 aliphatic carbocycles. The fourth-order valence-corrected chi connectivity index (χ4v) is 5.69. The largest absolute Gasteiger partial charge is 0.392 e. The van der Waals surface area contributed by atoms with Gasteiger partial charge < -0.3 is 25.0 Å². The van der Waals surface area contributed by atoms with Crippen molar-refractivity contribution in [2.24, 2.45) is 0 Å². The summed E-state index contributed by atoms with van der Waals surface area (Å²) in [5.74, 6) is -0.0635. The number of amides is 1. The lowest BCUT2D eigenvalue weighted by molar-refractivity contribution is -0.253. The highest BCUT2D eigenvalue weighted by atomic mass is 16.7. The molecule has 1 amide bonds. The second-order valence-electron chi connectivity index (χ2n) is 11.6. The SMILES string of the molecule is CC(=O)NCc1ccccc1-c1ccc([C@H]2O[C@@H](CN(C)[C@@H](C)[C@H](O)c3ccccc3)C[C@@H](c3ccc(CO)cc3)O2)cc1. The van der Waals surface area contributed by atoms with Crippen molar-refractivity contribution in [3.05, 3.63) is 131 Å². The van der Waals surface area contributed by atoms with E-state index in [-0.39, 0.29) is 30.8 Å². The molecule has 1 aliphatic heterocycles. The number of nitrogens with zero attached hydrogens (tertiary/aromatic N) is 1. The lowest BCUT2D eigenvalue weighted by atomic mass is 9.97. The van der Waals surface area contributed by atoms with E-state index in [9.17, 15) is 15.0 Å². The zero-order chi connectivity index (χ0) is 31.1. The number of benzene rings is 4. The highest BCUT2D eigenvalue weighted by Gasteiger charge is 2.34. The molecule has 1 saturated heterocycles. The van der Waals surface area contributed by atoms with Gasteiger partial charge in [0.05, 0.1) is 24.9 Å². The lowest BCUT2D eigenvalue weighted by Gasteiger charge is -2.39. The molecule has 0 spiro atoms. The molecule has 0 unspecified atom stereocenters. The summed E-state index contributed by atoms with van der Waals surface area (Å²) in [5.41, 5.74) is 6.83. The van der Waals surface area contributed by atoms with Gasteiger partial charge in [-0.3, -0.25) is 9.69 Å². The number of hydrogen-bond donors (Lipinski definition) is 3. The molecule has 3 N–H and O–H groups in total. The van der Waals surface area contributed by atoms with Crippen LogP contribution in [0.5, 0.6) is 0 Å². The van der Waals surface area contributed by atoms with Gasteiger partial charge in [-0.1, -0.05) is 103 Å². The van der Waals surface area contributed by atoms with E-state index in [1.807, 2.05) is 98.9 Å². The predicted octanol–water partition coefficient (Wildman–Crippen LogP) is 6.08. The van der Waals surface area contributed by atoms with Gasteiger partial charge >= 0.3 is 0 Å². The minimum absolute atomic E-state index is 0.00706. The second-order valence-corrected chi connectivity index (χ2v) is 11.6. The van der Waals surface area contributed by atoms with Crippen molar-refractivity contribution >= 4 is 5.91 Å². The van der Waals surface area contributed by atoms with Gasteiger partial charge in [0.25, 0.3) is 0 Å². The second kappa shape index (κ2) is 14.8. The van der Waals surface area contributed by atoms with Crippen LogP contribution < -0.4 is 5.32 Å². The van der Waals surface area contributed by atoms with Crippen LogP contribution in [-0.4, -0.2) is 46.8 Å². The Balaban J connectivity index is 1.36. The zero-order valence-electron chi connectivity index (χ0n) is 25.6. The van der Waals surface area contributed by atoms with Crippen molar-refractivity contribution in [1.82, 2.24) is 10.2 Å². The van der Waals surface area contributed by atoms with E-state index in [4.69, 9.17) is 9.47 Å². The molecule has 0 saturated carbocycles. The summed E-state index contributed by atoms with van der Waals surface area (Å²) in [4.78, 5) is 13.7. The number of carbonyl (C=O) groups excluding carboxylic acids is 1. The Morgan fingerprint density at radius 1 is 0.909 bits per heavy atom. The summed E-state index contributed by atoms with van der Waals surface area (Å²) < 4.78 is 13.1. The number of likely N-dealkylation sites (N-methyl/N-ethyl adjacent to an activating group) is 1. The maximum Gasteiger partial charge on any atom is 0.217 e. The molecule has 0 radical (unpaired) electrons. The molecule has 4 aromatic carbocycles. The standard InChI is InChI=1S/C37H42N2O5/c1-25(36(42)30-9-5-4-6-10-30)39(3)23-33-21-35(29-15-13-27(24-40)14-16-29)44-37(43-33)31-19-17-28(18-20-31)34-12-8-7-11-32(34)22-38-26(2)41/h4-20,25,33,35-37,40,42H,21-24H2,1-3H3,(H,38,41)/t25-,33+,35-,36-,37-/m0/s1. The van der Waals surface area contributed by atoms with Crippen molar-refractivity contribution in [3.8, 4) is 11.1 Å². The minimum atomic E-state index is -0.625. The maximum atomic E-state index is 11.5. The van der Waals surface area contributed by atoms with Crippen LogP contribution in [0.1, 0.15) is 66.6 Å². The Kier molecular flexibility index (Phi) is 10.6. The van der Waals surface area contributed by atoms with E-state index < -0.39 is 12.4 Å². The van der Waals surface area contributed by atoms with Gasteiger partial charge in [0.1, 0.15) is 0 Å². The quantitative estimate of drug-likeness (QED) is 0.195. The molecule has 0 aromatic heterocycles. The summed E-state index contributed by atoms with van der Waals surface area (Å²) in [5, 5.41) is 23.5. The highest BCUT2D eigenvalue weighted by Crippen LogP contribution is 2.39. The molecule has 7 heteroatoms. The van der Waals surface area contributed by atoms with Crippen LogP contribution in [0.15, 0.2) is 103 Å². The van der Waals surface area contributed by atoms with E-state index in [0.29, 0.717) is 19.5 Å². The van der Waals surface area contributed by atoms with Crippen LogP contribution in [0.3, 0.4) is 0 Å².